The van der Waals surface area contributed by atoms with Gasteiger partial charge < -0.3 is 24.4 Å². The average Bonchev–Trinajstić information content (AvgIpc) is 3.02. The average molecular weight is 621 g/mol. The lowest BCUT2D eigenvalue weighted by atomic mass is 10.0. The minimum atomic E-state index is -0.336. The number of amides is 3. The van der Waals surface area contributed by atoms with Gasteiger partial charge in [0.1, 0.15) is 27.4 Å². The highest BCUT2D eigenvalue weighted by Gasteiger charge is 2.41. The van der Waals surface area contributed by atoms with Crippen LogP contribution in [0.5, 0.6) is 11.5 Å². The summed E-state index contributed by atoms with van der Waals surface area (Å²) in [6.45, 7) is 5.04. The van der Waals surface area contributed by atoms with Crippen LogP contribution in [0, 0.1) is 0 Å². The second-order valence-corrected chi connectivity index (χ2v) is 10.9. The SMILES string of the molecule is CNc1ncc2c(n1)N(C1CCN(C(=O)C=CCN3CCOCC3)CC1)C(=O)N(c1c(Cl)c(OC)cc(OC)c1Cl)C2. The predicted molar refractivity (Wildman–Crippen MR) is 161 cm³/mol. The molecule has 0 atom stereocenters. The fourth-order valence-electron chi connectivity index (χ4n) is 5.45. The molecule has 2 fully saturated rings. The minimum absolute atomic E-state index is 0.0319. The number of hydrogen-bond acceptors (Lipinski definition) is 9. The van der Waals surface area contributed by atoms with E-state index in [4.69, 9.17) is 37.4 Å². The van der Waals surface area contributed by atoms with E-state index in [1.165, 1.54) is 19.1 Å². The molecule has 226 valence electrons. The van der Waals surface area contributed by atoms with Crippen molar-refractivity contribution in [1.29, 1.82) is 0 Å². The Kier molecular flexibility index (Phi) is 9.57. The summed E-state index contributed by atoms with van der Waals surface area (Å²) in [5.74, 6) is 1.54. The van der Waals surface area contributed by atoms with Crippen molar-refractivity contribution in [1.82, 2.24) is 19.8 Å². The Bertz CT molecular complexity index is 1320. The summed E-state index contributed by atoms with van der Waals surface area (Å²) in [7, 11) is 4.69. The van der Waals surface area contributed by atoms with Crippen molar-refractivity contribution >= 4 is 52.6 Å². The summed E-state index contributed by atoms with van der Waals surface area (Å²) in [6.07, 6.45) is 6.39. The molecule has 4 heterocycles. The minimum Gasteiger partial charge on any atom is -0.495 e. The van der Waals surface area contributed by atoms with Crippen LogP contribution < -0.4 is 24.6 Å². The van der Waals surface area contributed by atoms with E-state index in [2.05, 4.69) is 20.2 Å². The van der Waals surface area contributed by atoms with Crippen LogP contribution in [0.25, 0.3) is 0 Å². The van der Waals surface area contributed by atoms with E-state index in [1.807, 2.05) is 11.0 Å². The monoisotopic (exact) mass is 619 g/mol. The zero-order valence-corrected chi connectivity index (χ0v) is 25.5. The summed E-state index contributed by atoms with van der Waals surface area (Å²) >= 11 is 13.4. The Hall–Kier alpha value is -3.32. The van der Waals surface area contributed by atoms with Crippen LogP contribution in [-0.2, 0) is 16.1 Å². The van der Waals surface area contributed by atoms with Gasteiger partial charge in [-0.25, -0.2) is 9.78 Å². The third kappa shape index (κ3) is 6.07. The topological polar surface area (TPSA) is 113 Å². The Balaban J connectivity index is 1.38. The van der Waals surface area contributed by atoms with Gasteiger partial charge in [0.05, 0.1) is 39.7 Å². The molecule has 1 aromatic carbocycles. The largest absolute Gasteiger partial charge is 0.495 e. The molecule has 2 aromatic rings. The molecule has 3 aliphatic rings. The number of hydrogen-bond donors (Lipinski definition) is 1. The molecule has 0 unspecified atom stereocenters. The van der Waals surface area contributed by atoms with Crippen LogP contribution in [0.4, 0.5) is 22.2 Å². The third-order valence-electron chi connectivity index (χ3n) is 7.75. The smallest absolute Gasteiger partial charge is 0.330 e. The molecule has 0 bridgehead atoms. The van der Waals surface area contributed by atoms with Crippen molar-refractivity contribution in [2.45, 2.75) is 25.4 Å². The van der Waals surface area contributed by atoms with Gasteiger partial charge in [-0.15, -0.1) is 0 Å². The standard InChI is InChI=1S/C28H35Cl2N7O5/c1-31-27-32-16-18-17-36(25-23(29)20(40-2)15-21(41-3)24(25)30)28(39)37(26(18)33-27)19-6-9-35(10-7-19)22(38)5-4-8-34-11-13-42-14-12-34/h4-5,15-16,19H,6-14,17H2,1-3H3,(H,31,32,33). The molecule has 0 aliphatic carbocycles. The lowest BCUT2D eigenvalue weighted by molar-refractivity contribution is -0.127. The molecular weight excluding hydrogens is 585 g/mol. The molecule has 42 heavy (non-hydrogen) atoms. The molecule has 1 aromatic heterocycles. The predicted octanol–water partition coefficient (Wildman–Crippen LogP) is 3.67. The van der Waals surface area contributed by atoms with Gasteiger partial charge >= 0.3 is 6.03 Å². The van der Waals surface area contributed by atoms with Gasteiger partial charge in [-0.1, -0.05) is 29.3 Å². The molecule has 0 saturated carbocycles. The number of halogens is 2. The Morgan fingerprint density at radius 3 is 2.40 bits per heavy atom. The maximum atomic E-state index is 14.3. The van der Waals surface area contributed by atoms with Crippen LogP contribution in [0.15, 0.2) is 24.4 Å². The zero-order chi connectivity index (χ0) is 29.8. The lowest BCUT2D eigenvalue weighted by Gasteiger charge is -2.43. The van der Waals surface area contributed by atoms with E-state index in [-0.39, 0.29) is 40.3 Å². The third-order valence-corrected chi connectivity index (χ3v) is 8.48. The number of piperidine rings is 1. The van der Waals surface area contributed by atoms with Crippen molar-refractivity contribution in [2.24, 2.45) is 0 Å². The van der Waals surface area contributed by atoms with Crippen molar-refractivity contribution in [3.63, 3.8) is 0 Å². The zero-order valence-electron chi connectivity index (χ0n) is 23.9. The molecule has 5 rings (SSSR count). The first-order valence-corrected chi connectivity index (χ1v) is 14.6. The number of urea groups is 1. The van der Waals surface area contributed by atoms with Gasteiger partial charge in [-0.3, -0.25) is 19.5 Å². The number of rotatable bonds is 8. The summed E-state index contributed by atoms with van der Waals surface area (Å²) in [5.41, 5.74) is 1.01. The molecular formula is C28H35Cl2N7O5. The van der Waals surface area contributed by atoms with Gasteiger partial charge in [-0.2, -0.15) is 4.98 Å². The van der Waals surface area contributed by atoms with Gasteiger partial charge in [0.2, 0.25) is 11.9 Å². The molecule has 3 amide bonds. The maximum absolute atomic E-state index is 14.3. The number of fused-ring (bicyclic) bond motifs is 1. The number of nitrogens with one attached hydrogen (secondary N) is 1. The number of carbonyl (C=O) groups is 2. The number of nitrogens with zero attached hydrogens (tertiary/aromatic N) is 6. The van der Waals surface area contributed by atoms with E-state index in [1.54, 1.807) is 30.3 Å². The molecule has 2 saturated heterocycles. The van der Waals surface area contributed by atoms with Crippen molar-refractivity contribution in [3.05, 3.63) is 40.0 Å². The summed E-state index contributed by atoms with van der Waals surface area (Å²) < 4.78 is 16.3. The number of morpholine rings is 1. The van der Waals surface area contributed by atoms with Gasteiger partial charge in [-0.05, 0) is 12.8 Å². The fourth-order valence-corrected chi connectivity index (χ4v) is 6.15. The highest BCUT2D eigenvalue weighted by molar-refractivity contribution is 6.42. The number of likely N-dealkylation sites (tertiary alicyclic amines) is 1. The van der Waals surface area contributed by atoms with Crippen molar-refractivity contribution in [3.8, 4) is 11.5 Å². The van der Waals surface area contributed by atoms with Crippen LogP contribution in [0.3, 0.4) is 0 Å². The van der Waals surface area contributed by atoms with E-state index >= 15 is 0 Å². The molecule has 3 aliphatic heterocycles. The Morgan fingerprint density at radius 2 is 1.79 bits per heavy atom. The van der Waals surface area contributed by atoms with Crippen LogP contribution in [0.1, 0.15) is 18.4 Å². The van der Waals surface area contributed by atoms with Gasteiger partial charge in [0, 0.05) is 69.7 Å². The molecule has 14 heteroatoms. The Morgan fingerprint density at radius 1 is 1.12 bits per heavy atom. The highest BCUT2D eigenvalue weighted by atomic mass is 35.5. The second kappa shape index (κ2) is 13.3. The van der Waals surface area contributed by atoms with Crippen molar-refractivity contribution in [2.75, 3.05) is 82.3 Å². The number of carbonyl (C=O) groups excluding carboxylic acids is 2. The van der Waals surface area contributed by atoms with E-state index < -0.39 is 0 Å². The lowest BCUT2D eigenvalue weighted by Crippen LogP contribution is -2.55. The maximum Gasteiger partial charge on any atom is 0.330 e. The number of methoxy groups -OCH3 is 2. The summed E-state index contributed by atoms with van der Waals surface area (Å²) in [5, 5.41) is 3.34. The fraction of sp³-hybridized carbons (Fsp3) is 0.500. The first kappa shape index (κ1) is 30.1. The summed E-state index contributed by atoms with van der Waals surface area (Å²) in [6, 6.07) is 1.03. The molecule has 1 N–H and O–H groups in total. The second-order valence-electron chi connectivity index (χ2n) is 10.2. The highest BCUT2D eigenvalue weighted by Crippen LogP contribution is 2.48. The number of ether oxygens (including phenoxy) is 3. The van der Waals surface area contributed by atoms with Crippen LogP contribution in [-0.4, -0.2) is 105 Å². The van der Waals surface area contributed by atoms with Crippen molar-refractivity contribution < 1.29 is 23.8 Å². The van der Waals surface area contributed by atoms with Crippen LogP contribution in [0.2, 0.25) is 10.0 Å². The molecule has 12 nitrogen and oxygen atoms in total. The number of benzene rings is 1. The quantitative estimate of drug-likeness (QED) is 0.442. The van der Waals surface area contributed by atoms with E-state index in [0.29, 0.717) is 55.7 Å². The van der Waals surface area contributed by atoms with Gasteiger partial charge in [0.15, 0.2) is 0 Å². The summed E-state index contributed by atoms with van der Waals surface area (Å²) in [4.78, 5) is 43.5. The first-order chi connectivity index (χ1) is 20.4. The molecule has 0 radical (unpaired) electrons. The normalized spacial score (nSPS) is 18.4. The van der Waals surface area contributed by atoms with Crippen LogP contribution >= 0.6 is 23.2 Å². The van der Waals surface area contributed by atoms with E-state index in [0.717, 1.165) is 31.9 Å². The number of anilines is 3. The van der Waals surface area contributed by atoms with E-state index in [9.17, 15) is 9.59 Å². The first-order valence-electron chi connectivity index (χ1n) is 13.9. The molecule has 0 spiro atoms. The Labute approximate surface area is 255 Å². The number of aromatic nitrogens is 2. The van der Waals surface area contributed by atoms with Gasteiger partial charge in [0.25, 0.3) is 0 Å².